The quantitative estimate of drug-likeness (QED) is 0.621. The molecule has 2 atom stereocenters. The van der Waals surface area contributed by atoms with Crippen molar-refractivity contribution in [3.63, 3.8) is 0 Å². The molecule has 1 amide bonds. The minimum Gasteiger partial charge on any atom is -0.461 e. The van der Waals surface area contributed by atoms with Gasteiger partial charge in [-0.3, -0.25) is 14.4 Å². The van der Waals surface area contributed by atoms with Crippen molar-refractivity contribution in [3.8, 4) is 0 Å². The molecule has 0 unspecified atom stereocenters. The number of nitrogens with one attached hydrogen (secondary N) is 1. The molecule has 1 aliphatic heterocycles. The molecule has 0 fully saturated rings. The normalized spacial score (nSPS) is 25.4. The lowest BCUT2D eigenvalue weighted by molar-refractivity contribution is -0.157. The van der Waals surface area contributed by atoms with Crippen LogP contribution < -0.4 is 5.32 Å². The van der Waals surface area contributed by atoms with E-state index in [-0.39, 0.29) is 24.8 Å². The Bertz CT molecular complexity index is 464. The second-order valence-electron chi connectivity index (χ2n) is 6.78. The van der Waals surface area contributed by atoms with Gasteiger partial charge in [0.15, 0.2) is 0 Å². The maximum Gasteiger partial charge on any atom is 0.307 e. The number of amides is 1. The van der Waals surface area contributed by atoms with E-state index in [0.717, 1.165) is 0 Å². The van der Waals surface area contributed by atoms with Crippen LogP contribution >= 0.6 is 0 Å². The van der Waals surface area contributed by atoms with Crippen molar-refractivity contribution in [2.45, 2.75) is 65.1 Å². The number of cyclic esters (lactones) is 1. The Morgan fingerprint density at radius 1 is 1.35 bits per heavy atom. The molecule has 0 aliphatic carbocycles. The van der Waals surface area contributed by atoms with Gasteiger partial charge in [0, 0.05) is 6.42 Å². The molecule has 1 heterocycles. The number of hydrogen-bond donors (Lipinski definition) is 1. The largest absolute Gasteiger partial charge is 0.461 e. The number of carbonyl (C=O) groups is 3. The van der Waals surface area contributed by atoms with E-state index in [0.29, 0.717) is 19.3 Å². The number of ether oxygens (including phenoxy) is 2. The second kappa shape index (κ2) is 8.70. The van der Waals surface area contributed by atoms with Crippen LogP contribution in [0.1, 0.15) is 53.4 Å². The summed E-state index contributed by atoms with van der Waals surface area (Å²) < 4.78 is 10.5. The molecule has 0 aromatic heterocycles. The Kier molecular flexibility index (Phi) is 7.26. The van der Waals surface area contributed by atoms with Gasteiger partial charge >= 0.3 is 11.9 Å². The summed E-state index contributed by atoms with van der Waals surface area (Å²) in [6, 6.07) is 0. The predicted molar refractivity (Wildman–Crippen MR) is 85.5 cm³/mol. The first-order valence-corrected chi connectivity index (χ1v) is 8.01. The molecule has 0 radical (unpaired) electrons. The van der Waals surface area contributed by atoms with Gasteiger partial charge in [-0.25, -0.2) is 0 Å². The lowest BCUT2D eigenvalue weighted by Crippen LogP contribution is -2.38. The topological polar surface area (TPSA) is 81.7 Å². The lowest BCUT2D eigenvalue weighted by atomic mass is 9.99. The zero-order valence-corrected chi connectivity index (χ0v) is 14.4. The summed E-state index contributed by atoms with van der Waals surface area (Å²) in [5, 5.41) is 2.73. The zero-order chi connectivity index (χ0) is 17.5. The number of rotatable bonds is 2. The molecule has 0 aromatic carbocycles. The van der Waals surface area contributed by atoms with Gasteiger partial charge in [0.2, 0.25) is 5.91 Å². The minimum atomic E-state index is -0.572. The lowest BCUT2D eigenvalue weighted by Gasteiger charge is -2.22. The second-order valence-corrected chi connectivity index (χ2v) is 6.78. The van der Waals surface area contributed by atoms with Gasteiger partial charge in [-0.15, -0.1) is 0 Å². The average Bonchev–Trinajstić information content (AvgIpc) is 2.40. The first-order valence-electron chi connectivity index (χ1n) is 8.01. The van der Waals surface area contributed by atoms with E-state index < -0.39 is 23.6 Å². The van der Waals surface area contributed by atoms with Gasteiger partial charge in [-0.2, -0.15) is 0 Å². The molecule has 23 heavy (non-hydrogen) atoms. The molecule has 1 N–H and O–H groups in total. The van der Waals surface area contributed by atoms with E-state index in [4.69, 9.17) is 9.47 Å². The monoisotopic (exact) mass is 325 g/mol. The van der Waals surface area contributed by atoms with Crippen LogP contribution in [0, 0.1) is 5.92 Å². The van der Waals surface area contributed by atoms with Crippen LogP contribution in [0.5, 0.6) is 0 Å². The first-order chi connectivity index (χ1) is 10.7. The first kappa shape index (κ1) is 19.2. The molecule has 0 bridgehead atoms. The molecule has 0 saturated heterocycles. The third-order valence-corrected chi connectivity index (χ3v) is 3.20. The average molecular weight is 325 g/mol. The van der Waals surface area contributed by atoms with Gasteiger partial charge in [0.25, 0.3) is 0 Å². The number of allylic oxidation sites excluding steroid dienone is 2. The predicted octanol–water partition coefficient (Wildman–Crippen LogP) is 2.12. The molecular weight excluding hydrogens is 298 g/mol. The third-order valence-electron chi connectivity index (χ3n) is 3.20. The molecule has 6 nitrogen and oxygen atoms in total. The van der Waals surface area contributed by atoms with Crippen LogP contribution in [-0.2, 0) is 23.9 Å². The van der Waals surface area contributed by atoms with E-state index in [1.807, 2.05) is 12.2 Å². The number of esters is 2. The van der Waals surface area contributed by atoms with Gasteiger partial charge < -0.3 is 14.8 Å². The summed E-state index contributed by atoms with van der Waals surface area (Å²) in [5.74, 6) is -1.38. The van der Waals surface area contributed by atoms with Crippen molar-refractivity contribution in [2.75, 3.05) is 6.54 Å². The van der Waals surface area contributed by atoms with Crippen LogP contribution in [0.2, 0.25) is 0 Å². The molecule has 1 aliphatic rings. The fraction of sp³-hybridized carbons (Fsp3) is 0.706. The Labute approximate surface area is 137 Å². The van der Waals surface area contributed by atoms with Crippen LogP contribution in [0.3, 0.4) is 0 Å². The zero-order valence-electron chi connectivity index (χ0n) is 14.4. The summed E-state index contributed by atoms with van der Waals surface area (Å²) in [4.78, 5) is 35.7. The molecule has 0 spiro atoms. The summed E-state index contributed by atoms with van der Waals surface area (Å²) in [6.45, 7) is 7.34. The van der Waals surface area contributed by atoms with E-state index >= 15 is 0 Å². The van der Waals surface area contributed by atoms with Gasteiger partial charge in [-0.1, -0.05) is 12.2 Å². The van der Waals surface area contributed by atoms with Gasteiger partial charge in [0.1, 0.15) is 11.7 Å². The number of carbonyl (C=O) groups excluding carboxylic acids is 3. The highest BCUT2D eigenvalue weighted by Gasteiger charge is 2.25. The highest BCUT2D eigenvalue weighted by molar-refractivity contribution is 5.84. The van der Waals surface area contributed by atoms with Crippen LogP contribution in [0.15, 0.2) is 12.2 Å². The maximum atomic E-state index is 12.3. The molecular formula is C17H27NO5. The summed E-state index contributed by atoms with van der Waals surface area (Å²) in [7, 11) is 0. The highest BCUT2D eigenvalue weighted by Crippen LogP contribution is 2.16. The molecule has 0 aromatic rings. The summed E-state index contributed by atoms with van der Waals surface area (Å²) in [6.07, 6.45) is 4.61. The summed E-state index contributed by atoms with van der Waals surface area (Å²) >= 11 is 0. The fourth-order valence-corrected chi connectivity index (χ4v) is 2.16. The van der Waals surface area contributed by atoms with Crippen molar-refractivity contribution in [1.82, 2.24) is 5.32 Å². The highest BCUT2D eigenvalue weighted by atomic mass is 16.6. The summed E-state index contributed by atoms with van der Waals surface area (Å²) in [5.41, 5.74) is -0.572. The standard InChI is InChI=1S/C17H27NO5/c1-12-11-18-16(21)13(10-15(20)23-17(2,3)4)8-6-5-7-9-14(19)22-12/h5-6,12-13H,7-11H2,1-4H3,(H,18,21)/b6-5+/t12-,13+/m1/s1. The van der Waals surface area contributed by atoms with Gasteiger partial charge in [0.05, 0.1) is 18.9 Å². The van der Waals surface area contributed by atoms with Crippen molar-refractivity contribution in [2.24, 2.45) is 5.92 Å². The Balaban J connectivity index is 2.71. The molecule has 0 saturated carbocycles. The van der Waals surface area contributed by atoms with E-state index in [1.165, 1.54) is 0 Å². The van der Waals surface area contributed by atoms with Crippen molar-refractivity contribution < 1.29 is 23.9 Å². The number of hydrogen-bond acceptors (Lipinski definition) is 5. The molecule has 6 heteroatoms. The van der Waals surface area contributed by atoms with E-state index in [1.54, 1.807) is 27.7 Å². The minimum absolute atomic E-state index is 0.0294. The SMILES string of the molecule is C[C@@H]1CNC(=O)[C@H](CC(=O)OC(C)(C)C)C/C=C/CCC(=O)O1. The Morgan fingerprint density at radius 2 is 2.04 bits per heavy atom. The van der Waals surface area contributed by atoms with Crippen LogP contribution in [0.25, 0.3) is 0 Å². The Morgan fingerprint density at radius 3 is 2.70 bits per heavy atom. The van der Waals surface area contributed by atoms with E-state index in [9.17, 15) is 14.4 Å². The smallest absolute Gasteiger partial charge is 0.307 e. The molecule has 130 valence electrons. The third kappa shape index (κ3) is 8.38. The fourth-order valence-electron chi connectivity index (χ4n) is 2.16. The van der Waals surface area contributed by atoms with Gasteiger partial charge in [-0.05, 0) is 40.5 Å². The maximum absolute atomic E-state index is 12.3. The van der Waals surface area contributed by atoms with Crippen LogP contribution in [0.4, 0.5) is 0 Å². The van der Waals surface area contributed by atoms with Crippen molar-refractivity contribution in [1.29, 1.82) is 0 Å². The van der Waals surface area contributed by atoms with E-state index in [2.05, 4.69) is 5.32 Å². The van der Waals surface area contributed by atoms with Crippen molar-refractivity contribution in [3.05, 3.63) is 12.2 Å². The molecule has 1 rings (SSSR count). The van der Waals surface area contributed by atoms with Crippen molar-refractivity contribution >= 4 is 17.8 Å². The van der Waals surface area contributed by atoms with Crippen LogP contribution in [-0.4, -0.2) is 36.1 Å². The Hall–Kier alpha value is -1.85.